The Kier molecular flexibility index (Phi) is 3.82. The molecule has 156 valence electrons. The maximum absolute atomic E-state index is 14.9. The molecule has 5 rings (SSSR count). The number of fused-ring (bicyclic) bond motifs is 2. The Balaban J connectivity index is 1.51. The summed E-state index contributed by atoms with van der Waals surface area (Å²) in [7, 11) is 3.44. The quantitative estimate of drug-likeness (QED) is 0.650. The number of likely N-dealkylation sites (tertiary alicyclic amines) is 1. The number of hydrogen-bond acceptors (Lipinski definition) is 2. The van der Waals surface area contributed by atoms with Crippen LogP contribution in [0.5, 0.6) is 0 Å². The zero-order valence-corrected chi connectivity index (χ0v) is 17.2. The summed E-state index contributed by atoms with van der Waals surface area (Å²) in [6.07, 6.45) is 3.59. The number of piperidine rings is 1. The average molecular weight is 411 g/mol. The number of carbonyl (C=O) groups excluding carboxylic acids is 1. The lowest BCUT2D eigenvalue weighted by Gasteiger charge is -2.30. The lowest BCUT2D eigenvalue weighted by Crippen LogP contribution is -2.40. The van der Waals surface area contributed by atoms with Crippen molar-refractivity contribution in [1.29, 1.82) is 0 Å². The van der Waals surface area contributed by atoms with Crippen molar-refractivity contribution in [3.05, 3.63) is 69.8 Å². The molecule has 2 unspecified atom stereocenters. The minimum Gasteiger partial charge on any atom is -0.349 e. The second-order valence-electron chi connectivity index (χ2n) is 8.62. The normalized spacial score (nSPS) is 24.7. The van der Waals surface area contributed by atoms with Crippen molar-refractivity contribution < 1.29 is 13.6 Å². The van der Waals surface area contributed by atoms with E-state index in [1.54, 1.807) is 55.3 Å². The van der Waals surface area contributed by atoms with Crippen LogP contribution in [0.2, 0.25) is 0 Å². The van der Waals surface area contributed by atoms with Crippen molar-refractivity contribution >= 4 is 16.8 Å². The number of benzene rings is 1. The molecule has 0 radical (unpaired) electrons. The van der Waals surface area contributed by atoms with Crippen LogP contribution >= 0.6 is 0 Å². The van der Waals surface area contributed by atoms with Crippen LogP contribution in [-0.4, -0.2) is 39.0 Å². The molecule has 2 aliphatic rings. The minimum absolute atomic E-state index is 0.0107. The van der Waals surface area contributed by atoms with E-state index in [9.17, 15) is 18.4 Å². The Morgan fingerprint density at radius 3 is 2.47 bits per heavy atom. The maximum atomic E-state index is 14.9. The van der Waals surface area contributed by atoms with Crippen molar-refractivity contribution in [3.8, 4) is 0 Å². The third-order valence-corrected chi connectivity index (χ3v) is 7.01. The van der Waals surface area contributed by atoms with Gasteiger partial charge in [0.2, 0.25) is 0 Å². The monoisotopic (exact) mass is 411 g/mol. The van der Waals surface area contributed by atoms with E-state index in [0.717, 1.165) is 5.56 Å². The van der Waals surface area contributed by atoms with Gasteiger partial charge >= 0.3 is 0 Å². The lowest BCUT2D eigenvalue weighted by atomic mass is 9.87. The topological polar surface area (TPSA) is 47.2 Å². The molecule has 0 N–H and O–H groups in total. The minimum atomic E-state index is -2.84. The molecular weight excluding hydrogens is 388 g/mol. The lowest BCUT2D eigenvalue weighted by molar-refractivity contribution is 0.0691. The first-order chi connectivity index (χ1) is 14.2. The number of aryl methyl sites for hydroxylation is 3. The maximum Gasteiger partial charge on any atom is 0.263 e. The number of nitrogens with zero attached hydrogens (tertiary/aromatic N) is 3. The predicted molar refractivity (Wildman–Crippen MR) is 110 cm³/mol. The van der Waals surface area contributed by atoms with Crippen LogP contribution in [0.1, 0.15) is 27.9 Å². The Bertz CT molecular complexity index is 1240. The zero-order chi connectivity index (χ0) is 21.4. The molecule has 1 aliphatic heterocycles. The molecule has 1 amide bonds. The fraction of sp³-hybridized carbons (Fsp3) is 0.391. The molecule has 1 aliphatic carbocycles. The molecule has 1 saturated carbocycles. The molecule has 1 aromatic carbocycles. The molecular formula is C23H23F2N3O2. The van der Waals surface area contributed by atoms with Gasteiger partial charge in [-0.25, -0.2) is 8.78 Å². The van der Waals surface area contributed by atoms with Crippen molar-refractivity contribution in [2.24, 2.45) is 20.0 Å². The van der Waals surface area contributed by atoms with Gasteiger partial charge in [0.1, 0.15) is 0 Å². The van der Waals surface area contributed by atoms with E-state index >= 15 is 0 Å². The summed E-state index contributed by atoms with van der Waals surface area (Å²) in [5.41, 5.74) is 1.07. The van der Waals surface area contributed by atoms with E-state index in [2.05, 4.69) is 0 Å². The van der Waals surface area contributed by atoms with Crippen LogP contribution in [0.25, 0.3) is 10.9 Å². The predicted octanol–water partition coefficient (Wildman–Crippen LogP) is 3.23. The molecule has 0 spiro atoms. The third kappa shape index (κ3) is 2.26. The molecule has 7 heteroatoms. The molecule has 30 heavy (non-hydrogen) atoms. The van der Waals surface area contributed by atoms with Gasteiger partial charge in [0.25, 0.3) is 17.4 Å². The first-order valence-corrected chi connectivity index (χ1v) is 10.1. The summed E-state index contributed by atoms with van der Waals surface area (Å²) in [5.74, 6) is -4.09. The van der Waals surface area contributed by atoms with Crippen molar-refractivity contribution in [2.45, 2.75) is 24.7 Å². The molecule has 2 fully saturated rings. The van der Waals surface area contributed by atoms with Crippen LogP contribution in [0.4, 0.5) is 8.78 Å². The second-order valence-corrected chi connectivity index (χ2v) is 8.62. The Morgan fingerprint density at radius 2 is 1.80 bits per heavy atom. The first kappa shape index (κ1) is 19.0. The fourth-order valence-electron chi connectivity index (χ4n) is 5.46. The molecule has 3 aromatic rings. The number of hydrogen-bond donors (Lipinski definition) is 0. The van der Waals surface area contributed by atoms with Crippen LogP contribution in [0, 0.1) is 12.8 Å². The van der Waals surface area contributed by atoms with Crippen molar-refractivity contribution in [1.82, 2.24) is 14.0 Å². The zero-order valence-electron chi connectivity index (χ0n) is 17.2. The third-order valence-electron chi connectivity index (χ3n) is 7.01. The first-order valence-electron chi connectivity index (χ1n) is 10.1. The number of carbonyl (C=O) groups is 1. The van der Waals surface area contributed by atoms with E-state index in [4.69, 9.17) is 0 Å². The number of pyridine rings is 1. The van der Waals surface area contributed by atoms with Crippen LogP contribution in [0.3, 0.4) is 0 Å². The van der Waals surface area contributed by atoms with E-state index in [-0.39, 0.29) is 36.5 Å². The Labute approximate surface area is 172 Å². The van der Waals surface area contributed by atoms with Crippen molar-refractivity contribution in [2.75, 3.05) is 13.1 Å². The Hall–Kier alpha value is -2.96. The summed E-state index contributed by atoms with van der Waals surface area (Å²) in [5, 5.41) is 0.354. The van der Waals surface area contributed by atoms with Gasteiger partial charge < -0.3 is 14.0 Å². The van der Waals surface area contributed by atoms with Gasteiger partial charge in [-0.1, -0.05) is 30.3 Å². The van der Waals surface area contributed by atoms with E-state index < -0.39 is 17.3 Å². The average Bonchev–Trinajstić information content (AvgIpc) is 3.03. The van der Waals surface area contributed by atoms with E-state index in [1.165, 1.54) is 9.47 Å². The molecule has 2 atom stereocenters. The summed E-state index contributed by atoms with van der Waals surface area (Å²) < 4.78 is 33.1. The molecule has 3 heterocycles. The van der Waals surface area contributed by atoms with Crippen LogP contribution < -0.4 is 5.56 Å². The number of alkyl halides is 2. The molecule has 2 aromatic heterocycles. The molecule has 1 saturated heterocycles. The molecule has 0 bridgehead atoms. The van der Waals surface area contributed by atoms with Crippen molar-refractivity contribution in [3.63, 3.8) is 0 Å². The number of amides is 1. The van der Waals surface area contributed by atoms with Gasteiger partial charge in [-0.2, -0.15) is 0 Å². The number of halogens is 2. The summed E-state index contributed by atoms with van der Waals surface area (Å²) in [4.78, 5) is 27.6. The van der Waals surface area contributed by atoms with Gasteiger partial charge in [0.15, 0.2) is 0 Å². The summed E-state index contributed by atoms with van der Waals surface area (Å²) in [6, 6.07) is 8.88. The standard InChI is InChI=1S/C23H23F2N3O2/c1-14-11-27(3)21(30)18-16(12-26(2)19(14)18)20(29)28-10-9-22(15-7-5-4-6-8-15)17(13-28)23(22,24)25/h4-8,11-12,17H,9-10,13H2,1-3H3. The largest absolute Gasteiger partial charge is 0.349 e. The fourth-order valence-corrected chi connectivity index (χ4v) is 5.46. The van der Waals surface area contributed by atoms with E-state index in [1.807, 2.05) is 13.0 Å². The van der Waals surface area contributed by atoms with Gasteiger partial charge in [0.05, 0.1) is 27.8 Å². The highest BCUT2D eigenvalue weighted by molar-refractivity contribution is 6.07. The Morgan fingerprint density at radius 1 is 1.10 bits per heavy atom. The number of rotatable bonds is 2. The van der Waals surface area contributed by atoms with Gasteiger partial charge in [0, 0.05) is 39.6 Å². The highest BCUT2D eigenvalue weighted by atomic mass is 19.3. The SMILES string of the molecule is Cc1cn(C)c(=O)c2c(C(=O)N3CCC4(c5ccccc5)C(C3)C4(F)F)cn(C)c12. The van der Waals surface area contributed by atoms with Gasteiger partial charge in [-0.15, -0.1) is 0 Å². The highest BCUT2D eigenvalue weighted by Gasteiger charge is 2.81. The van der Waals surface area contributed by atoms with Gasteiger partial charge in [-0.3, -0.25) is 9.59 Å². The second kappa shape index (κ2) is 6.03. The summed E-state index contributed by atoms with van der Waals surface area (Å²) in [6.45, 7) is 2.11. The van der Waals surface area contributed by atoms with E-state index in [0.29, 0.717) is 16.5 Å². The van der Waals surface area contributed by atoms with Gasteiger partial charge in [-0.05, 0) is 24.5 Å². The molecule has 5 nitrogen and oxygen atoms in total. The smallest absolute Gasteiger partial charge is 0.263 e. The highest BCUT2D eigenvalue weighted by Crippen LogP contribution is 2.70. The van der Waals surface area contributed by atoms with Crippen LogP contribution in [-0.2, 0) is 19.5 Å². The number of aromatic nitrogens is 2. The van der Waals surface area contributed by atoms with Crippen LogP contribution in [0.15, 0.2) is 47.5 Å². The summed E-state index contributed by atoms with van der Waals surface area (Å²) >= 11 is 0.